The smallest absolute Gasteiger partial charge is 0.192 e. The SMILES string of the molecule is Cl.Nc1ccc(C(=O)C2CNCCO2)cc1N. The molecule has 1 saturated heterocycles. The molecule has 1 atom stereocenters. The Kier molecular flexibility index (Phi) is 4.74. The second-order valence-electron chi connectivity index (χ2n) is 3.77. The summed E-state index contributed by atoms with van der Waals surface area (Å²) in [5.41, 5.74) is 12.7. The third kappa shape index (κ3) is 3.09. The van der Waals surface area contributed by atoms with Crippen molar-refractivity contribution in [2.45, 2.75) is 6.10 Å². The molecule has 5 nitrogen and oxygen atoms in total. The number of hydrogen-bond donors (Lipinski definition) is 3. The first-order valence-electron chi connectivity index (χ1n) is 5.20. The number of rotatable bonds is 2. The quantitative estimate of drug-likeness (QED) is 0.528. The number of morpholine rings is 1. The third-order valence-electron chi connectivity index (χ3n) is 2.59. The van der Waals surface area contributed by atoms with E-state index in [-0.39, 0.29) is 18.2 Å². The molecular formula is C11H16ClN3O2. The Morgan fingerprint density at radius 2 is 2.12 bits per heavy atom. The fourth-order valence-corrected chi connectivity index (χ4v) is 1.65. The normalized spacial score (nSPS) is 19.4. The number of nitrogen functional groups attached to an aromatic ring is 2. The van der Waals surface area contributed by atoms with E-state index in [1.807, 2.05) is 0 Å². The summed E-state index contributed by atoms with van der Waals surface area (Å²) in [6.07, 6.45) is -0.420. The van der Waals surface area contributed by atoms with Gasteiger partial charge in [-0.15, -0.1) is 12.4 Å². The van der Waals surface area contributed by atoms with Crippen molar-refractivity contribution in [3.05, 3.63) is 23.8 Å². The summed E-state index contributed by atoms with van der Waals surface area (Å²) >= 11 is 0. The van der Waals surface area contributed by atoms with Gasteiger partial charge in [0.15, 0.2) is 5.78 Å². The second kappa shape index (κ2) is 5.86. The molecule has 0 aliphatic carbocycles. The van der Waals surface area contributed by atoms with Crippen LogP contribution in [0.2, 0.25) is 0 Å². The minimum atomic E-state index is -0.420. The summed E-state index contributed by atoms with van der Waals surface area (Å²) in [6, 6.07) is 4.90. The Bertz CT molecular complexity index is 406. The molecule has 1 heterocycles. The number of nitrogens with one attached hydrogen (secondary N) is 1. The van der Waals surface area contributed by atoms with Gasteiger partial charge in [0.05, 0.1) is 18.0 Å². The largest absolute Gasteiger partial charge is 0.397 e. The zero-order chi connectivity index (χ0) is 11.5. The molecule has 0 radical (unpaired) electrons. The van der Waals surface area contributed by atoms with Gasteiger partial charge in [0.1, 0.15) is 6.10 Å². The summed E-state index contributed by atoms with van der Waals surface area (Å²) in [7, 11) is 0. The number of ether oxygens (including phenoxy) is 1. The highest BCUT2D eigenvalue weighted by molar-refractivity contribution is 6.01. The van der Waals surface area contributed by atoms with Crippen molar-refractivity contribution in [1.82, 2.24) is 5.32 Å². The maximum Gasteiger partial charge on any atom is 0.192 e. The van der Waals surface area contributed by atoms with Crippen LogP contribution in [0.3, 0.4) is 0 Å². The first-order valence-corrected chi connectivity index (χ1v) is 5.20. The first-order chi connectivity index (χ1) is 7.68. The molecule has 1 aliphatic heterocycles. The summed E-state index contributed by atoms with van der Waals surface area (Å²) in [6.45, 7) is 1.89. The number of carbonyl (C=O) groups is 1. The van der Waals surface area contributed by atoms with Crippen molar-refractivity contribution >= 4 is 29.6 Å². The van der Waals surface area contributed by atoms with E-state index in [1.165, 1.54) is 0 Å². The summed E-state index contributed by atoms with van der Waals surface area (Å²) in [5.74, 6) is -0.0566. The molecule has 0 bridgehead atoms. The van der Waals surface area contributed by atoms with E-state index in [0.29, 0.717) is 30.1 Å². The molecule has 1 aromatic rings. The Balaban J connectivity index is 0.00000144. The zero-order valence-corrected chi connectivity index (χ0v) is 10.1. The van der Waals surface area contributed by atoms with Crippen LogP contribution in [0.15, 0.2) is 18.2 Å². The maximum atomic E-state index is 12.0. The number of Topliss-reactive ketones (excluding diaryl/α,β-unsaturated/α-hetero) is 1. The number of hydrogen-bond acceptors (Lipinski definition) is 5. The summed E-state index contributed by atoms with van der Waals surface area (Å²) in [4.78, 5) is 12.0. The van der Waals surface area contributed by atoms with Gasteiger partial charge in [-0.25, -0.2) is 0 Å². The van der Waals surface area contributed by atoms with Crippen molar-refractivity contribution < 1.29 is 9.53 Å². The van der Waals surface area contributed by atoms with Crippen LogP contribution in [0.5, 0.6) is 0 Å². The number of ketones is 1. The van der Waals surface area contributed by atoms with Gasteiger partial charge in [0.25, 0.3) is 0 Å². The van der Waals surface area contributed by atoms with Crippen LogP contribution < -0.4 is 16.8 Å². The molecule has 1 aromatic carbocycles. The van der Waals surface area contributed by atoms with Gasteiger partial charge >= 0.3 is 0 Å². The molecule has 0 amide bonds. The van der Waals surface area contributed by atoms with Gasteiger partial charge in [0.2, 0.25) is 0 Å². The lowest BCUT2D eigenvalue weighted by Gasteiger charge is -2.22. The average molecular weight is 258 g/mol. The van der Waals surface area contributed by atoms with Crippen LogP contribution in [0.25, 0.3) is 0 Å². The predicted octanol–water partition coefficient (Wildman–Crippen LogP) is 0.444. The molecular weight excluding hydrogens is 242 g/mol. The molecule has 1 aliphatic rings. The molecule has 17 heavy (non-hydrogen) atoms. The number of anilines is 2. The fraction of sp³-hybridized carbons (Fsp3) is 0.364. The first kappa shape index (κ1) is 13.8. The highest BCUT2D eigenvalue weighted by atomic mass is 35.5. The Labute approximate surface area is 106 Å². The lowest BCUT2D eigenvalue weighted by atomic mass is 10.0. The predicted molar refractivity (Wildman–Crippen MR) is 69.5 cm³/mol. The molecule has 1 fully saturated rings. The van der Waals surface area contributed by atoms with E-state index >= 15 is 0 Å². The molecule has 0 aromatic heterocycles. The van der Waals surface area contributed by atoms with Crippen molar-refractivity contribution in [3.63, 3.8) is 0 Å². The molecule has 0 spiro atoms. The van der Waals surface area contributed by atoms with Gasteiger partial charge in [0, 0.05) is 18.7 Å². The van der Waals surface area contributed by atoms with Gasteiger partial charge in [-0.05, 0) is 18.2 Å². The van der Waals surface area contributed by atoms with Crippen LogP contribution in [0.1, 0.15) is 10.4 Å². The summed E-state index contributed by atoms with van der Waals surface area (Å²) in [5, 5.41) is 3.11. The Hall–Kier alpha value is -1.30. The van der Waals surface area contributed by atoms with Crippen LogP contribution >= 0.6 is 12.4 Å². The maximum absolute atomic E-state index is 12.0. The van der Waals surface area contributed by atoms with Crippen molar-refractivity contribution in [3.8, 4) is 0 Å². The molecule has 6 heteroatoms. The van der Waals surface area contributed by atoms with Crippen molar-refractivity contribution in [2.75, 3.05) is 31.2 Å². The molecule has 1 unspecified atom stereocenters. The number of benzene rings is 1. The van der Waals surface area contributed by atoms with E-state index in [4.69, 9.17) is 16.2 Å². The van der Waals surface area contributed by atoms with Crippen LogP contribution in [0.4, 0.5) is 11.4 Å². The van der Waals surface area contributed by atoms with Crippen LogP contribution in [-0.4, -0.2) is 31.6 Å². The second-order valence-corrected chi connectivity index (χ2v) is 3.77. The van der Waals surface area contributed by atoms with Gasteiger partial charge in [-0.1, -0.05) is 0 Å². The lowest BCUT2D eigenvalue weighted by molar-refractivity contribution is 0.0269. The average Bonchev–Trinajstić information content (AvgIpc) is 2.33. The molecule has 5 N–H and O–H groups in total. The monoisotopic (exact) mass is 257 g/mol. The highest BCUT2D eigenvalue weighted by Gasteiger charge is 2.23. The Morgan fingerprint density at radius 3 is 2.71 bits per heavy atom. The van der Waals surface area contributed by atoms with E-state index in [2.05, 4.69) is 5.32 Å². The topological polar surface area (TPSA) is 90.4 Å². The molecule has 0 saturated carbocycles. The summed E-state index contributed by atoms with van der Waals surface area (Å²) < 4.78 is 5.38. The van der Waals surface area contributed by atoms with Crippen LogP contribution in [0, 0.1) is 0 Å². The standard InChI is InChI=1S/C11H15N3O2.ClH/c12-8-2-1-7(5-9(8)13)11(15)10-6-14-3-4-16-10;/h1-2,5,10,14H,3-4,6,12-13H2;1H. The van der Waals surface area contributed by atoms with Gasteiger partial charge < -0.3 is 21.5 Å². The van der Waals surface area contributed by atoms with E-state index < -0.39 is 6.10 Å². The van der Waals surface area contributed by atoms with E-state index in [9.17, 15) is 4.79 Å². The lowest BCUT2D eigenvalue weighted by Crippen LogP contribution is -2.43. The Morgan fingerprint density at radius 1 is 1.35 bits per heavy atom. The zero-order valence-electron chi connectivity index (χ0n) is 9.31. The van der Waals surface area contributed by atoms with Crippen molar-refractivity contribution in [2.24, 2.45) is 0 Å². The van der Waals surface area contributed by atoms with Gasteiger partial charge in [-0.2, -0.15) is 0 Å². The minimum absolute atomic E-state index is 0. The van der Waals surface area contributed by atoms with Gasteiger partial charge in [-0.3, -0.25) is 4.79 Å². The fourth-order valence-electron chi connectivity index (χ4n) is 1.65. The van der Waals surface area contributed by atoms with Crippen LogP contribution in [-0.2, 0) is 4.74 Å². The number of carbonyl (C=O) groups excluding carboxylic acids is 1. The molecule has 2 rings (SSSR count). The highest BCUT2D eigenvalue weighted by Crippen LogP contribution is 2.18. The van der Waals surface area contributed by atoms with E-state index in [0.717, 1.165) is 6.54 Å². The van der Waals surface area contributed by atoms with E-state index in [1.54, 1.807) is 18.2 Å². The molecule has 94 valence electrons. The minimum Gasteiger partial charge on any atom is -0.397 e. The third-order valence-corrected chi connectivity index (χ3v) is 2.59. The van der Waals surface area contributed by atoms with Crippen molar-refractivity contribution in [1.29, 1.82) is 0 Å². The number of nitrogens with two attached hydrogens (primary N) is 2. The number of halogens is 1.